The van der Waals surface area contributed by atoms with Crippen molar-refractivity contribution in [3.63, 3.8) is 0 Å². The molecule has 0 unspecified atom stereocenters. The SMILES string of the molecule is COc1ccc(-c2nc3nc(C)cc(C)n3c(=O)c2C#N)cc1. The number of ether oxygens (including phenoxy) is 1. The van der Waals surface area contributed by atoms with E-state index in [0.717, 1.165) is 5.69 Å². The summed E-state index contributed by atoms with van der Waals surface area (Å²) in [4.78, 5) is 21.4. The van der Waals surface area contributed by atoms with Crippen LogP contribution >= 0.6 is 0 Å². The summed E-state index contributed by atoms with van der Waals surface area (Å²) in [7, 11) is 1.58. The van der Waals surface area contributed by atoms with Gasteiger partial charge in [-0.1, -0.05) is 0 Å². The van der Waals surface area contributed by atoms with Crippen LogP contribution in [0.1, 0.15) is 17.0 Å². The summed E-state index contributed by atoms with van der Waals surface area (Å²) in [5.41, 5.74) is 2.05. The zero-order chi connectivity index (χ0) is 16.6. The lowest BCUT2D eigenvalue weighted by Crippen LogP contribution is -2.22. The zero-order valence-corrected chi connectivity index (χ0v) is 13.0. The van der Waals surface area contributed by atoms with Gasteiger partial charge in [0.05, 0.1) is 12.8 Å². The molecule has 0 aliphatic carbocycles. The molecule has 3 aromatic rings. The van der Waals surface area contributed by atoms with Crippen molar-refractivity contribution >= 4 is 5.78 Å². The Morgan fingerprint density at radius 3 is 2.48 bits per heavy atom. The summed E-state index contributed by atoms with van der Waals surface area (Å²) >= 11 is 0. The molecule has 0 atom stereocenters. The van der Waals surface area contributed by atoms with Gasteiger partial charge >= 0.3 is 0 Å². The lowest BCUT2D eigenvalue weighted by atomic mass is 10.1. The highest BCUT2D eigenvalue weighted by Gasteiger charge is 2.16. The fourth-order valence-corrected chi connectivity index (χ4v) is 2.52. The number of benzene rings is 1. The molecule has 0 aliphatic heterocycles. The largest absolute Gasteiger partial charge is 0.497 e. The Morgan fingerprint density at radius 1 is 1.17 bits per heavy atom. The number of nitrogens with zero attached hydrogens (tertiary/aromatic N) is 4. The standard InChI is InChI=1S/C17H14N4O2/c1-10-8-11(2)21-16(22)14(9-18)15(20-17(21)19-10)12-4-6-13(23-3)7-5-12/h4-8H,1-3H3. The molecule has 0 aliphatic rings. The highest BCUT2D eigenvalue weighted by molar-refractivity contribution is 5.68. The average molecular weight is 306 g/mol. The molecule has 2 aromatic heterocycles. The van der Waals surface area contributed by atoms with Gasteiger partial charge in [0, 0.05) is 17.0 Å². The fourth-order valence-electron chi connectivity index (χ4n) is 2.52. The number of hydrogen-bond donors (Lipinski definition) is 0. The number of aromatic nitrogens is 3. The normalized spacial score (nSPS) is 10.5. The van der Waals surface area contributed by atoms with Crippen LogP contribution in [0.2, 0.25) is 0 Å². The van der Waals surface area contributed by atoms with Gasteiger partial charge in [-0.25, -0.2) is 14.4 Å². The smallest absolute Gasteiger partial charge is 0.277 e. The first-order chi connectivity index (χ1) is 11.0. The predicted molar refractivity (Wildman–Crippen MR) is 85.4 cm³/mol. The van der Waals surface area contributed by atoms with Crippen LogP contribution in [0.25, 0.3) is 17.0 Å². The van der Waals surface area contributed by atoms with Crippen molar-refractivity contribution in [2.75, 3.05) is 7.11 Å². The molecule has 0 radical (unpaired) electrons. The molecular formula is C17H14N4O2. The fraction of sp³-hybridized carbons (Fsp3) is 0.176. The minimum Gasteiger partial charge on any atom is -0.497 e. The number of methoxy groups -OCH3 is 1. The van der Waals surface area contributed by atoms with Crippen molar-refractivity contribution in [1.82, 2.24) is 14.4 Å². The Balaban J connectivity index is 2.36. The van der Waals surface area contributed by atoms with E-state index in [0.29, 0.717) is 22.7 Å². The molecule has 114 valence electrons. The van der Waals surface area contributed by atoms with E-state index in [2.05, 4.69) is 9.97 Å². The Bertz CT molecular complexity index is 998. The van der Waals surface area contributed by atoms with Gasteiger partial charge < -0.3 is 4.74 Å². The summed E-state index contributed by atoms with van der Waals surface area (Å²) in [5.74, 6) is 0.979. The van der Waals surface area contributed by atoms with Gasteiger partial charge in [-0.2, -0.15) is 5.26 Å². The van der Waals surface area contributed by atoms with E-state index in [4.69, 9.17) is 4.74 Å². The first kappa shape index (κ1) is 14.7. The predicted octanol–water partition coefficient (Wildman–Crippen LogP) is 2.25. The molecule has 6 nitrogen and oxygen atoms in total. The van der Waals surface area contributed by atoms with Crippen LogP contribution in [-0.4, -0.2) is 21.5 Å². The zero-order valence-electron chi connectivity index (χ0n) is 13.0. The quantitative estimate of drug-likeness (QED) is 0.725. The third-order valence-corrected chi connectivity index (χ3v) is 3.59. The van der Waals surface area contributed by atoms with Crippen LogP contribution in [0.5, 0.6) is 5.75 Å². The van der Waals surface area contributed by atoms with Crippen LogP contribution in [0.4, 0.5) is 0 Å². The third-order valence-electron chi connectivity index (χ3n) is 3.59. The molecule has 0 N–H and O–H groups in total. The molecule has 1 aromatic carbocycles. The molecule has 6 heteroatoms. The Kier molecular flexibility index (Phi) is 3.54. The summed E-state index contributed by atoms with van der Waals surface area (Å²) in [6.07, 6.45) is 0. The van der Waals surface area contributed by atoms with Crippen molar-refractivity contribution in [2.45, 2.75) is 13.8 Å². The maximum Gasteiger partial charge on any atom is 0.277 e. The van der Waals surface area contributed by atoms with Crippen molar-refractivity contribution < 1.29 is 4.74 Å². The van der Waals surface area contributed by atoms with Crippen LogP contribution in [0.3, 0.4) is 0 Å². The van der Waals surface area contributed by atoms with Crippen molar-refractivity contribution in [2.24, 2.45) is 0 Å². The summed E-state index contributed by atoms with van der Waals surface area (Å²) in [5, 5.41) is 9.42. The van der Waals surface area contributed by atoms with Gasteiger partial charge in [-0.05, 0) is 44.2 Å². The number of fused-ring (bicyclic) bond motifs is 1. The number of aryl methyl sites for hydroxylation is 2. The van der Waals surface area contributed by atoms with Gasteiger partial charge in [0.2, 0.25) is 5.78 Å². The molecule has 3 rings (SSSR count). The Labute approximate surface area is 132 Å². The van der Waals surface area contributed by atoms with Crippen molar-refractivity contribution in [3.8, 4) is 23.1 Å². The van der Waals surface area contributed by atoms with Crippen LogP contribution in [0.15, 0.2) is 35.1 Å². The van der Waals surface area contributed by atoms with Gasteiger partial charge in [0.25, 0.3) is 5.56 Å². The van der Waals surface area contributed by atoms with E-state index < -0.39 is 5.56 Å². The van der Waals surface area contributed by atoms with E-state index in [1.165, 1.54) is 4.40 Å². The molecule has 0 spiro atoms. The van der Waals surface area contributed by atoms with E-state index in [1.807, 2.05) is 13.0 Å². The number of rotatable bonds is 2. The first-order valence-corrected chi connectivity index (χ1v) is 7.00. The number of nitriles is 1. The lowest BCUT2D eigenvalue weighted by Gasteiger charge is -2.09. The van der Waals surface area contributed by atoms with Crippen molar-refractivity contribution in [1.29, 1.82) is 5.26 Å². The Morgan fingerprint density at radius 2 is 1.87 bits per heavy atom. The number of hydrogen-bond acceptors (Lipinski definition) is 5. The summed E-state index contributed by atoms with van der Waals surface area (Å²) in [6, 6.07) is 10.8. The topological polar surface area (TPSA) is 80.3 Å². The molecule has 0 saturated heterocycles. The maximum atomic E-state index is 12.6. The van der Waals surface area contributed by atoms with Crippen LogP contribution < -0.4 is 10.3 Å². The average Bonchev–Trinajstić information content (AvgIpc) is 2.54. The van der Waals surface area contributed by atoms with Crippen LogP contribution in [0, 0.1) is 25.2 Å². The molecule has 23 heavy (non-hydrogen) atoms. The van der Waals surface area contributed by atoms with Gasteiger partial charge in [-0.3, -0.25) is 4.79 Å². The second-order valence-electron chi connectivity index (χ2n) is 5.16. The first-order valence-electron chi connectivity index (χ1n) is 7.00. The minimum atomic E-state index is -0.409. The molecular weight excluding hydrogens is 292 g/mol. The maximum absolute atomic E-state index is 12.6. The lowest BCUT2D eigenvalue weighted by molar-refractivity contribution is 0.415. The van der Waals surface area contributed by atoms with Crippen LogP contribution in [-0.2, 0) is 0 Å². The summed E-state index contributed by atoms with van der Waals surface area (Å²) < 4.78 is 6.48. The molecule has 0 saturated carbocycles. The van der Waals surface area contributed by atoms with E-state index in [1.54, 1.807) is 44.4 Å². The highest BCUT2D eigenvalue weighted by atomic mass is 16.5. The second kappa shape index (κ2) is 5.54. The second-order valence-corrected chi connectivity index (χ2v) is 5.16. The minimum absolute atomic E-state index is 0.00131. The van der Waals surface area contributed by atoms with Gasteiger partial charge in [-0.15, -0.1) is 0 Å². The van der Waals surface area contributed by atoms with Gasteiger partial charge in [0.1, 0.15) is 17.4 Å². The van der Waals surface area contributed by atoms with E-state index in [-0.39, 0.29) is 11.3 Å². The Hall–Kier alpha value is -3.20. The monoisotopic (exact) mass is 306 g/mol. The van der Waals surface area contributed by atoms with E-state index in [9.17, 15) is 10.1 Å². The third kappa shape index (κ3) is 2.42. The van der Waals surface area contributed by atoms with E-state index >= 15 is 0 Å². The molecule has 2 heterocycles. The molecule has 0 amide bonds. The molecule has 0 fully saturated rings. The summed E-state index contributed by atoms with van der Waals surface area (Å²) in [6.45, 7) is 3.63. The van der Waals surface area contributed by atoms with Crippen molar-refractivity contribution in [3.05, 3.63) is 57.6 Å². The molecule has 0 bridgehead atoms. The van der Waals surface area contributed by atoms with Gasteiger partial charge in [0.15, 0.2) is 0 Å². The highest BCUT2D eigenvalue weighted by Crippen LogP contribution is 2.22.